The number of carbonyl (C=O) groups is 1. The van der Waals surface area contributed by atoms with Crippen molar-refractivity contribution in [1.29, 1.82) is 0 Å². The molecule has 2 aromatic rings. The van der Waals surface area contributed by atoms with E-state index in [1.807, 2.05) is 12.1 Å². The van der Waals surface area contributed by atoms with E-state index in [4.69, 9.17) is 9.26 Å². The number of nitrogens with zero attached hydrogens (tertiary/aromatic N) is 4. The van der Waals surface area contributed by atoms with Gasteiger partial charge >= 0.3 is 0 Å². The average molecular weight is 414 g/mol. The number of anilines is 1. The standard InChI is InChI=1S/C22H31N5O3/c28-20(23-10-3-11-26-14-16-29-17-15-26)8-9-21-24-22(25-30-21)18-4-6-19(7-5-18)27-12-1-2-13-27/h4-7H,1-3,8-17H2,(H,23,28). The van der Waals surface area contributed by atoms with Crippen molar-refractivity contribution >= 4 is 11.6 Å². The summed E-state index contributed by atoms with van der Waals surface area (Å²) in [6.07, 6.45) is 4.28. The Morgan fingerprint density at radius 1 is 1.07 bits per heavy atom. The van der Waals surface area contributed by atoms with Gasteiger partial charge in [-0.25, -0.2) is 0 Å². The highest BCUT2D eigenvalue weighted by Gasteiger charge is 2.14. The molecule has 4 rings (SSSR count). The molecule has 2 aliphatic heterocycles. The molecule has 0 bridgehead atoms. The summed E-state index contributed by atoms with van der Waals surface area (Å²) in [5.74, 6) is 1.09. The van der Waals surface area contributed by atoms with Crippen LogP contribution in [0.25, 0.3) is 11.4 Å². The molecule has 2 aliphatic rings. The molecule has 1 aromatic carbocycles. The van der Waals surface area contributed by atoms with Gasteiger partial charge in [-0.2, -0.15) is 4.98 Å². The lowest BCUT2D eigenvalue weighted by molar-refractivity contribution is -0.121. The average Bonchev–Trinajstić information content (AvgIpc) is 3.49. The van der Waals surface area contributed by atoms with Crippen molar-refractivity contribution < 1.29 is 14.1 Å². The monoisotopic (exact) mass is 413 g/mol. The Balaban J connectivity index is 1.17. The number of hydrogen-bond donors (Lipinski definition) is 1. The van der Waals surface area contributed by atoms with Crippen molar-refractivity contribution in [3.05, 3.63) is 30.2 Å². The highest BCUT2D eigenvalue weighted by atomic mass is 16.5. The second kappa shape index (κ2) is 10.5. The fourth-order valence-corrected chi connectivity index (χ4v) is 3.93. The Bertz CT molecular complexity index is 795. The lowest BCUT2D eigenvalue weighted by Crippen LogP contribution is -2.38. The van der Waals surface area contributed by atoms with Gasteiger partial charge in [-0.05, 0) is 50.1 Å². The zero-order valence-electron chi connectivity index (χ0n) is 17.5. The first-order chi connectivity index (χ1) is 14.8. The highest BCUT2D eigenvalue weighted by Crippen LogP contribution is 2.24. The second-order valence-electron chi connectivity index (χ2n) is 7.91. The summed E-state index contributed by atoms with van der Waals surface area (Å²) < 4.78 is 10.7. The third-order valence-corrected chi connectivity index (χ3v) is 5.71. The Kier molecular flexibility index (Phi) is 7.31. The molecule has 0 atom stereocenters. The van der Waals surface area contributed by atoms with Crippen molar-refractivity contribution in [2.75, 3.05) is 57.4 Å². The summed E-state index contributed by atoms with van der Waals surface area (Å²) in [4.78, 5) is 21.3. The number of aromatic nitrogens is 2. The van der Waals surface area contributed by atoms with Gasteiger partial charge in [-0.15, -0.1) is 0 Å². The van der Waals surface area contributed by atoms with E-state index in [0.29, 0.717) is 31.1 Å². The molecule has 0 saturated carbocycles. The maximum atomic E-state index is 12.1. The van der Waals surface area contributed by atoms with Crippen LogP contribution in [0.2, 0.25) is 0 Å². The Labute approximate surface area is 177 Å². The predicted molar refractivity (Wildman–Crippen MR) is 114 cm³/mol. The zero-order valence-corrected chi connectivity index (χ0v) is 17.5. The van der Waals surface area contributed by atoms with Crippen LogP contribution in [0.15, 0.2) is 28.8 Å². The van der Waals surface area contributed by atoms with E-state index in [1.54, 1.807) is 0 Å². The van der Waals surface area contributed by atoms with Gasteiger partial charge < -0.3 is 19.5 Å². The van der Waals surface area contributed by atoms with Crippen molar-refractivity contribution in [3.63, 3.8) is 0 Å². The number of nitrogens with one attached hydrogen (secondary N) is 1. The van der Waals surface area contributed by atoms with Gasteiger partial charge in [-0.3, -0.25) is 9.69 Å². The molecule has 1 N–H and O–H groups in total. The molecule has 1 amide bonds. The van der Waals surface area contributed by atoms with Crippen molar-refractivity contribution in [3.8, 4) is 11.4 Å². The van der Waals surface area contributed by atoms with Gasteiger partial charge in [0.2, 0.25) is 17.6 Å². The van der Waals surface area contributed by atoms with Gasteiger partial charge in [0.05, 0.1) is 13.2 Å². The summed E-state index contributed by atoms with van der Waals surface area (Å²) in [7, 11) is 0. The fraction of sp³-hybridized carbons (Fsp3) is 0.591. The smallest absolute Gasteiger partial charge is 0.227 e. The van der Waals surface area contributed by atoms with Crippen LogP contribution < -0.4 is 10.2 Å². The number of benzene rings is 1. The van der Waals surface area contributed by atoms with Gasteiger partial charge in [0.15, 0.2) is 0 Å². The summed E-state index contributed by atoms with van der Waals surface area (Å²) >= 11 is 0. The number of rotatable bonds is 9. The molecule has 2 fully saturated rings. The largest absolute Gasteiger partial charge is 0.379 e. The number of carbonyl (C=O) groups excluding carboxylic acids is 1. The number of aryl methyl sites for hydroxylation is 1. The summed E-state index contributed by atoms with van der Waals surface area (Å²) in [5, 5.41) is 7.04. The van der Waals surface area contributed by atoms with E-state index >= 15 is 0 Å². The maximum absolute atomic E-state index is 12.1. The van der Waals surface area contributed by atoms with Crippen LogP contribution in [0, 0.1) is 0 Å². The van der Waals surface area contributed by atoms with E-state index in [-0.39, 0.29) is 5.91 Å². The van der Waals surface area contributed by atoms with E-state index in [0.717, 1.165) is 57.9 Å². The predicted octanol–water partition coefficient (Wildman–Crippen LogP) is 2.11. The first-order valence-corrected chi connectivity index (χ1v) is 11.0. The molecule has 8 heteroatoms. The number of amides is 1. The van der Waals surface area contributed by atoms with Crippen LogP contribution in [0.5, 0.6) is 0 Å². The topological polar surface area (TPSA) is 83.7 Å². The Morgan fingerprint density at radius 2 is 1.83 bits per heavy atom. The van der Waals surface area contributed by atoms with E-state index in [2.05, 4.69) is 37.4 Å². The fourth-order valence-electron chi connectivity index (χ4n) is 3.93. The minimum atomic E-state index is 0.0201. The lowest BCUT2D eigenvalue weighted by Gasteiger charge is -2.26. The van der Waals surface area contributed by atoms with Crippen LogP contribution in [0.4, 0.5) is 5.69 Å². The minimum Gasteiger partial charge on any atom is -0.379 e. The van der Waals surface area contributed by atoms with E-state index < -0.39 is 0 Å². The molecule has 0 unspecified atom stereocenters. The van der Waals surface area contributed by atoms with E-state index in [1.165, 1.54) is 18.5 Å². The van der Waals surface area contributed by atoms with Crippen LogP contribution in [0.1, 0.15) is 31.6 Å². The molecular weight excluding hydrogens is 382 g/mol. The molecule has 8 nitrogen and oxygen atoms in total. The molecule has 162 valence electrons. The number of hydrogen-bond acceptors (Lipinski definition) is 7. The zero-order chi connectivity index (χ0) is 20.6. The summed E-state index contributed by atoms with van der Waals surface area (Å²) in [6, 6.07) is 8.29. The van der Waals surface area contributed by atoms with Crippen LogP contribution in [-0.2, 0) is 16.0 Å². The van der Waals surface area contributed by atoms with E-state index in [9.17, 15) is 4.79 Å². The lowest BCUT2D eigenvalue weighted by atomic mass is 10.2. The molecule has 2 saturated heterocycles. The molecule has 3 heterocycles. The Morgan fingerprint density at radius 3 is 2.60 bits per heavy atom. The van der Waals surface area contributed by atoms with Crippen molar-refractivity contribution in [2.45, 2.75) is 32.1 Å². The molecular formula is C22H31N5O3. The second-order valence-corrected chi connectivity index (χ2v) is 7.91. The summed E-state index contributed by atoms with van der Waals surface area (Å²) in [5.41, 5.74) is 2.17. The third-order valence-electron chi connectivity index (χ3n) is 5.71. The number of ether oxygens (including phenoxy) is 1. The normalized spacial score (nSPS) is 17.4. The van der Waals surface area contributed by atoms with Gasteiger partial charge in [0, 0.05) is 56.8 Å². The van der Waals surface area contributed by atoms with Crippen molar-refractivity contribution in [2.24, 2.45) is 0 Å². The minimum absolute atomic E-state index is 0.0201. The molecule has 0 aliphatic carbocycles. The van der Waals surface area contributed by atoms with Gasteiger partial charge in [0.25, 0.3) is 0 Å². The molecule has 30 heavy (non-hydrogen) atoms. The SMILES string of the molecule is O=C(CCc1nc(-c2ccc(N3CCCC3)cc2)no1)NCCCN1CCOCC1. The first kappa shape index (κ1) is 20.8. The van der Waals surface area contributed by atoms with Crippen LogP contribution in [0.3, 0.4) is 0 Å². The maximum Gasteiger partial charge on any atom is 0.227 e. The van der Waals surface area contributed by atoms with Crippen LogP contribution in [-0.4, -0.2) is 73.4 Å². The first-order valence-electron chi connectivity index (χ1n) is 11.0. The molecule has 1 aromatic heterocycles. The highest BCUT2D eigenvalue weighted by molar-refractivity contribution is 5.76. The van der Waals surface area contributed by atoms with Gasteiger partial charge in [-0.1, -0.05) is 5.16 Å². The quantitative estimate of drug-likeness (QED) is 0.630. The summed E-state index contributed by atoms with van der Waals surface area (Å²) in [6.45, 7) is 7.51. The number of morpholine rings is 1. The van der Waals surface area contributed by atoms with Crippen molar-refractivity contribution in [1.82, 2.24) is 20.4 Å². The van der Waals surface area contributed by atoms with Gasteiger partial charge in [0.1, 0.15) is 0 Å². The third kappa shape index (κ3) is 5.79. The van der Waals surface area contributed by atoms with Crippen LogP contribution >= 0.6 is 0 Å². The molecule has 0 radical (unpaired) electrons. The Hall–Kier alpha value is -2.45. The molecule has 0 spiro atoms.